The number of hydrogen-bond donors (Lipinski definition) is 22. The Labute approximate surface area is 684 Å². The van der Waals surface area contributed by atoms with E-state index in [1.54, 1.807) is 78.9 Å². The topological polar surface area (TPSA) is 665 Å². The molecular formula is C78H133N21O18. The molecule has 39 nitrogen and oxygen atoms in total. The average molecular weight is 1650 g/mol. The van der Waals surface area contributed by atoms with Gasteiger partial charge in [0.05, 0.1) is 18.9 Å². The van der Waals surface area contributed by atoms with E-state index in [0.717, 1.165) is 0 Å². The van der Waals surface area contributed by atoms with E-state index >= 15 is 0 Å². The number of carbonyl (C=O) groups is 17. The maximum Gasteiger partial charge on any atom is 0.305 e. The van der Waals surface area contributed by atoms with Gasteiger partial charge in [0.25, 0.3) is 0 Å². The number of carbonyl (C=O) groups excluding carboxylic acids is 16. The number of aliphatic carboxylic acids is 1. The summed E-state index contributed by atoms with van der Waals surface area (Å²) in [6.07, 6.45) is 1.71. The lowest BCUT2D eigenvalue weighted by Gasteiger charge is -2.29. The lowest BCUT2D eigenvalue weighted by molar-refractivity contribution is -0.141. The van der Waals surface area contributed by atoms with Gasteiger partial charge in [-0.2, -0.15) is 0 Å². The summed E-state index contributed by atoms with van der Waals surface area (Å²) < 4.78 is 0. The molecule has 1 aromatic carbocycles. The van der Waals surface area contributed by atoms with Crippen LogP contribution in [0, 0.1) is 29.6 Å². The number of unbranched alkanes of at least 4 members (excludes halogenated alkanes) is 3. The number of H-pyrrole nitrogens is 1. The van der Waals surface area contributed by atoms with E-state index in [1.165, 1.54) is 13.8 Å². The van der Waals surface area contributed by atoms with Crippen molar-refractivity contribution in [2.75, 3.05) is 19.6 Å². The highest BCUT2D eigenvalue weighted by Crippen LogP contribution is 2.21. The molecule has 0 bridgehead atoms. The number of amides is 16. The number of aromatic amines is 1. The molecule has 2 rings (SSSR count). The number of rotatable bonds is 58. The monoisotopic (exact) mass is 1650 g/mol. The van der Waals surface area contributed by atoms with Crippen molar-refractivity contribution in [1.29, 1.82) is 0 Å². The minimum Gasteiger partial charge on any atom is -0.481 e. The first-order valence-corrected chi connectivity index (χ1v) is 40.5. The number of nitrogens with one attached hydrogen (secondary N) is 14. The van der Waals surface area contributed by atoms with E-state index in [0.29, 0.717) is 48.6 Å². The van der Waals surface area contributed by atoms with Crippen molar-refractivity contribution in [3.05, 3.63) is 36.0 Å². The van der Waals surface area contributed by atoms with E-state index in [9.17, 15) is 86.6 Å². The third kappa shape index (κ3) is 37.6. The van der Waals surface area contributed by atoms with Gasteiger partial charge in [0.2, 0.25) is 94.5 Å². The second kappa shape index (κ2) is 53.0. The highest BCUT2D eigenvalue weighted by molar-refractivity contribution is 6.01. The molecule has 1 aromatic heterocycles. The van der Waals surface area contributed by atoms with Crippen molar-refractivity contribution in [1.82, 2.24) is 74.1 Å². The Balaban J connectivity index is 2.46. The second-order valence-corrected chi connectivity index (χ2v) is 31.3. The second-order valence-electron chi connectivity index (χ2n) is 31.3. The molecule has 0 saturated carbocycles. The van der Waals surface area contributed by atoms with Gasteiger partial charge in [-0.05, 0) is 158 Å². The molecule has 0 radical (unpaired) electrons. The number of aromatic nitrogens is 1. The number of nitrogens with two attached hydrogens (primary N) is 7. The number of carboxylic acids is 1. The first kappa shape index (κ1) is 103. The molecule has 0 aliphatic rings. The molecule has 16 atom stereocenters. The predicted octanol–water partition coefficient (Wildman–Crippen LogP) is -2.90. The molecule has 29 N–H and O–H groups in total. The maximum absolute atomic E-state index is 14.8. The van der Waals surface area contributed by atoms with Crippen LogP contribution in [0.25, 0.3) is 10.9 Å². The Morgan fingerprint density at radius 2 is 0.726 bits per heavy atom. The van der Waals surface area contributed by atoms with Crippen molar-refractivity contribution in [3.8, 4) is 0 Å². The van der Waals surface area contributed by atoms with Gasteiger partial charge < -0.3 is 119 Å². The Morgan fingerprint density at radius 1 is 0.376 bits per heavy atom. The molecule has 0 aliphatic carbocycles. The molecule has 0 unspecified atom stereocenters. The lowest BCUT2D eigenvalue weighted by Crippen LogP contribution is -2.61. The van der Waals surface area contributed by atoms with E-state index in [1.807, 2.05) is 20.8 Å². The molecule has 39 heteroatoms. The smallest absolute Gasteiger partial charge is 0.305 e. The minimum absolute atomic E-state index is 0.0382. The molecule has 0 fully saturated rings. The number of carboxylic acid groups (broad SMARTS) is 1. The fourth-order valence-electron chi connectivity index (χ4n) is 12.5. The number of para-hydroxylation sites is 1. The van der Waals surface area contributed by atoms with Crippen LogP contribution >= 0.6 is 0 Å². The van der Waals surface area contributed by atoms with Crippen LogP contribution in [0.4, 0.5) is 0 Å². The molecule has 2 aromatic rings. The highest BCUT2D eigenvalue weighted by atomic mass is 16.4. The van der Waals surface area contributed by atoms with Crippen molar-refractivity contribution < 1.29 is 86.6 Å². The number of primary amides is 3. The van der Waals surface area contributed by atoms with Crippen LogP contribution in [0.15, 0.2) is 30.5 Å². The maximum atomic E-state index is 14.8. The third-order valence-corrected chi connectivity index (χ3v) is 19.7. The Bertz CT molecular complexity index is 3650. The van der Waals surface area contributed by atoms with Crippen LogP contribution in [-0.2, 0) is 87.9 Å². The molecular weight excluding hydrogens is 1520 g/mol. The van der Waals surface area contributed by atoms with E-state index in [-0.39, 0.29) is 114 Å². The van der Waals surface area contributed by atoms with Gasteiger partial charge in [-0.3, -0.25) is 81.5 Å². The van der Waals surface area contributed by atoms with E-state index < -0.39 is 210 Å². The van der Waals surface area contributed by atoms with Gasteiger partial charge in [0.15, 0.2) is 0 Å². The zero-order valence-electron chi connectivity index (χ0n) is 69.8. The minimum atomic E-state index is -1.91. The summed E-state index contributed by atoms with van der Waals surface area (Å²) in [6, 6.07) is -12.9. The fraction of sp³-hybridized carbons (Fsp3) is 0.679. The van der Waals surface area contributed by atoms with E-state index in [4.69, 9.17) is 40.1 Å². The average Bonchev–Trinajstić information content (AvgIpc) is 1.70. The summed E-state index contributed by atoms with van der Waals surface area (Å²) in [6.45, 7) is 20.5. The quantitative estimate of drug-likeness (QED) is 0.0295. The summed E-state index contributed by atoms with van der Waals surface area (Å²) in [5.41, 5.74) is 41.5. The first-order chi connectivity index (χ1) is 55.0. The Hall–Kier alpha value is -10.4. The first-order valence-electron chi connectivity index (χ1n) is 40.5. The summed E-state index contributed by atoms with van der Waals surface area (Å²) in [7, 11) is 0. The molecule has 0 spiro atoms. The van der Waals surface area contributed by atoms with Crippen LogP contribution < -0.4 is 109 Å². The predicted molar refractivity (Wildman–Crippen MR) is 436 cm³/mol. The zero-order valence-corrected chi connectivity index (χ0v) is 69.8. The molecule has 0 saturated heterocycles. The largest absolute Gasteiger partial charge is 0.481 e. The van der Waals surface area contributed by atoms with Crippen LogP contribution in [0.2, 0.25) is 0 Å². The normalized spacial score (nSPS) is 15.5. The lowest BCUT2D eigenvalue weighted by atomic mass is 9.96. The zero-order chi connectivity index (χ0) is 88.5. The van der Waals surface area contributed by atoms with Crippen LogP contribution in [0.1, 0.15) is 204 Å². The van der Waals surface area contributed by atoms with Crippen LogP contribution in [0.5, 0.6) is 0 Å². The molecule has 658 valence electrons. The summed E-state index contributed by atoms with van der Waals surface area (Å²) in [5.74, 6) is -17.7. The molecule has 0 aliphatic heterocycles. The van der Waals surface area contributed by atoms with Gasteiger partial charge >= 0.3 is 5.97 Å². The van der Waals surface area contributed by atoms with Gasteiger partial charge in [0.1, 0.15) is 78.5 Å². The van der Waals surface area contributed by atoms with Gasteiger partial charge in [-0.1, -0.05) is 100 Å². The van der Waals surface area contributed by atoms with Crippen LogP contribution in [-0.4, -0.2) is 215 Å². The van der Waals surface area contributed by atoms with Gasteiger partial charge in [-0.25, -0.2) is 0 Å². The van der Waals surface area contributed by atoms with Crippen molar-refractivity contribution in [3.63, 3.8) is 0 Å². The SMILES string of the molecule is CC[C@H](C)[C@H](N)C(=O)N[C@@H](CC(N)=O)C(=O)N[C@@H](Cc1c[nH]c2ccccc12)C(=O)N[C@@H](CCCCN)C(=O)N[C@@H](CCCCN)C(=O)N[C@@H](CC(C)C)C(=O)N[C@@H](CC(C)C)C(=O)N[C@@H](CC(=O)O)C(=O)N[C@@H](C)C(=O)N[C@@H](C)C(=O)N[C@@H](CCCCN)C(=O)N[C@@H](CCC(N)=O)C(=O)N[C@H](C(=O)N[C@@H](CC(C)C)C(N)=O)[C@@H](C)CC. The molecule has 117 heavy (non-hydrogen) atoms. The summed E-state index contributed by atoms with van der Waals surface area (Å²) >= 11 is 0. The van der Waals surface area contributed by atoms with Crippen molar-refractivity contribution >= 4 is 111 Å². The number of hydrogen-bond acceptors (Lipinski definition) is 21. The van der Waals surface area contributed by atoms with Gasteiger partial charge in [-0.15, -0.1) is 0 Å². The molecule has 16 amide bonds. The number of benzene rings is 1. The van der Waals surface area contributed by atoms with Crippen molar-refractivity contribution in [2.45, 2.75) is 290 Å². The Kier molecular flexibility index (Phi) is 46.5. The summed E-state index contributed by atoms with van der Waals surface area (Å²) in [4.78, 5) is 236. The Morgan fingerprint density at radius 3 is 1.16 bits per heavy atom. The summed E-state index contributed by atoms with van der Waals surface area (Å²) in [5, 5.41) is 44.1. The number of fused-ring (bicyclic) bond motifs is 1. The standard InChI is InChI=1S/C78H133N21O18/c1-13-43(9)63(84)77(116)98-58(37-61(83)101)76(115)96-57(36-47-39-86-49-24-16-15-23-48(47)49)75(114)91-51(26-18-21-31-80)69(108)90-52(27-19-22-32-81)70(109)94-55(34-41(5)6)73(112)95-56(35-42(7)8)74(113)97-59(38-62(102)103)72(111)88-45(11)66(105)87-46(12)67(106)89-50(25-17-20-30-79)68(107)92-53(28-29-60(82)100)71(110)99-64(44(10)14-2)78(117)93-54(65(85)104)33-40(3)4/h15-16,23-24,39-46,50-59,63-64,86H,13-14,17-22,25-38,79-81,84H2,1-12H3,(H2,82,100)(H2,83,101)(H2,85,104)(H,87,105)(H,88,111)(H,89,106)(H,90,108)(H,91,114)(H,92,107)(H,93,117)(H,94,109)(H,95,112)(H,96,115)(H,97,113)(H,98,116)(H,99,110)(H,102,103)/t43-,44-,45-,46-,50-,51-,52-,53-,54-,55-,56-,57-,58-,59-,63-,64-/m0/s1. The molecule has 1 heterocycles. The van der Waals surface area contributed by atoms with Crippen LogP contribution in [0.3, 0.4) is 0 Å². The fourth-order valence-corrected chi connectivity index (χ4v) is 12.5. The third-order valence-electron chi connectivity index (χ3n) is 19.7. The van der Waals surface area contributed by atoms with E-state index in [2.05, 4.69) is 74.1 Å². The van der Waals surface area contributed by atoms with Gasteiger partial charge in [0, 0.05) is 29.9 Å². The highest BCUT2D eigenvalue weighted by Gasteiger charge is 2.39. The van der Waals surface area contributed by atoms with Crippen molar-refractivity contribution in [2.24, 2.45) is 69.7 Å².